The van der Waals surface area contributed by atoms with E-state index in [0.29, 0.717) is 18.7 Å². The lowest BCUT2D eigenvalue weighted by molar-refractivity contribution is -0.119. The van der Waals surface area contributed by atoms with Gasteiger partial charge < -0.3 is 15.4 Å². The van der Waals surface area contributed by atoms with E-state index in [9.17, 15) is 9.59 Å². The quantitative estimate of drug-likeness (QED) is 0.508. The first-order chi connectivity index (χ1) is 15.7. The molecule has 2 N–H and O–H groups in total. The molecule has 1 aliphatic heterocycles. The maximum absolute atomic E-state index is 12.7. The smallest absolute Gasteiger partial charge is 0.254 e. The van der Waals surface area contributed by atoms with Crippen LogP contribution in [0.25, 0.3) is 0 Å². The highest BCUT2D eigenvalue weighted by Crippen LogP contribution is 2.23. The molecule has 0 radical (unpaired) electrons. The van der Waals surface area contributed by atoms with Crippen molar-refractivity contribution >= 4 is 11.6 Å². The Balaban J connectivity index is 1.26. The molecule has 1 aliphatic rings. The van der Waals surface area contributed by atoms with Crippen molar-refractivity contribution in [2.75, 3.05) is 25.5 Å². The van der Waals surface area contributed by atoms with Gasteiger partial charge in [-0.3, -0.25) is 14.2 Å². The Morgan fingerprint density at radius 2 is 1.94 bits per heavy atom. The molecule has 0 aliphatic carbocycles. The second-order valence-electron chi connectivity index (χ2n) is 7.90. The molecule has 7 heteroatoms. The van der Waals surface area contributed by atoms with Gasteiger partial charge >= 0.3 is 0 Å². The van der Waals surface area contributed by atoms with Crippen LogP contribution in [0.3, 0.4) is 0 Å². The summed E-state index contributed by atoms with van der Waals surface area (Å²) >= 11 is 0. The molecule has 0 saturated carbocycles. The molecule has 32 heavy (non-hydrogen) atoms. The molecule has 2 unspecified atom stereocenters. The average molecular weight is 433 g/mol. The minimum absolute atomic E-state index is 0.0252. The van der Waals surface area contributed by atoms with Gasteiger partial charge in [-0.2, -0.15) is 0 Å². The Morgan fingerprint density at radius 3 is 2.69 bits per heavy atom. The first-order valence-corrected chi connectivity index (χ1v) is 10.9. The van der Waals surface area contributed by atoms with E-state index in [0.717, 1.165) is 30.8 Å². The summed E-state index contributed by atoms with van der Waals surface area (Å²) in [5.41, 5.74) is 2.88. The normalized spacial score (nSPS) is 15.8. The molecule has 0 spiro atoms. The average Bonchev–Trinajstić information content (AvgIpc) is 3.27. The number of methoxy groups -OCH3 is 1. The number of carbonyl (C=O) groups excluding carboxylic acids is 1. The van der Waals surface area contributed by atoms with Crippen molar-refractivity contribution in [2.45, 2.75) is 31.4 Å². The van der Waals surface area contributed by atoms with E-state index in [-0.39, 0.29) is 17.6 Å². The Bertz CT molecular complexity index is 1100. The second-order valence-corrected chi connectivity index (χ2v) is 7.90. The number of fused-ring (bicyclic) bond motifs is 1. The summed E-state index contributed by atoms with van der Waals surface area (Å²) in [6, 6.07) is 18.9. The zero-order valence-corrected chi connectivity index (χ0v) is 18.2. The predicted octanol–water partition coefficient (Wildman–Crippen LogP) is 2.89. The van der Waals surface area contributed by atoms with Crippen LogP contribution >= 0.6 is 0 Å². The van der Waals surface area contributed by atoms with Crippen molar-refractivity contribution in [3.8, 4) is 0 Å². The highest BCUT2D eigenvalue weighted by atomic mass is 16.5. The highest BCUT2D eigenvalue weighted by Gasteiger charge is 2.29. The number of ether oxygens (including phenoxy) is 1. The van der Waals surface area contributed by atoms with E-state index >= 15 is 0 Å². The zero-order valence-electron chi connectivity index (χ0n) is 18.2. The van der Waals surface area contributed by atoms with E-state index in [1.807, 2.05) is 42.5 Å². The number of hydrogen-bond acceptors (Lipinski definition) is 5. The molecular weight excluding hydrogens is 404 g/mol. The maximum atomic E-state index is 12.7. The summed E-state index contributed by atoms with van der Waals surface area (Å²) < 4.78 is 7.08. The van der Waals surface area contributed by atoms with Gasteiger partial charge in [0.25, 0.3) is 5.56 Å². The van der Waals surface area contributed by atoms with Crippen LogP contribution in [0.2, 0.25) is 0 Å². The number of anilines is 1. The van der Waals surface area contributed by atoms with Crippen LogP contribution in [-0.4, -0.2) is 35.7 Å². The summed E-state index contributed by atoms with van der Waals surface area (Å²) in [6.07, 6.45) is 3.62. The lowest BCUT2D eigenvalue weighted by Gasteiger charge is -2.16. The highest BCUT2D eigenvalue weighted by molar-refractivity contribution is 5.94. The summed E-state index contributed by atoms with van der Waals surface area (Å²) in [7, 11) is 1.73. The second kappa shape index (κ2) is 10.3. The van der Waals surface area contributed by atoms with E-state index < -0.39 is 6.04 Å². The van der Waals surface area contributed by atoms with Gasteiger partial charge in [-0.05, 0) is 42.6 Å². The number of nitrogens with one attached hydrogen (secondary N) is 2. The van der Waals surface area contributed by atoms with Gasteiger partial charge in [0.15, 0.2) is 0 Å². The van der Waals surface area contributed by atoms with Crippen LogP contribution in [-0.2, 0) is 22.4 Å². The van der Waals surface area contributed by atoms with Crippen molar-refractivity contribution in [3.05, 3.63) is 94.2 Å². The van der Waals surface area contributed by atoms with Gasteiger partial charge in [-0.1, -0.05) is 42.5 Å². The van der Waals surface area contributed by atoms with E-state index in [1.54, 1.807) is 7.11 Å². The zero-order chi connectivity index (χ0) is 22.3. The standard InChI is InChI=1S/C25H28N4O3/c1-32-22(19-5-3-2-4-6-19)17-26-15-13-18-7-9-20(10-8-18)28-25(31)21-11-12-23-27-16-14-24(30)29(21)23/h2-10,14,16,21-22,26H,11-13,15,17H2,1H3,(H,28,31). The molecule has 166 valence electrons. The molecule has 0 bridgehead atoms. The summed E-state index contributed by atoms with van der Waals surface area (Å²) in [5.74, 6) is 0.489. The Morgan fingerprint density at radius 1 is 1.16 bits per heavy atom. The number of aryl methyl sites for hydroxylation is 1. The molecule has 1 aromatic heterocycles. The molecule has 0 fully saturated rings. The largest absolute Gasteiger partial charge is 0.375 e. The van der Waals surface area contributed by atoms with Crippen LogP contribution in [0.1, 0.15) is 35.5 Å². The molecule has 1 amide bonds. The number of aromatic nitrogens is 2. The number of rotatable bonds is 9. The van der Waals surface area contributed by atoms with Gasteiger partial charge in [0.05, 0.1) is 6.10 Å². The third-order valence-corrected chi connectivity index (χ3v) is 5.81. The third-order valence-electron chi connectivity index (χ3n) is 5.81. The number of carbonyl (C=O) groups is 1. The fraction of sp³-hybridized carbons (Fsp3) is 0.320. The van der Waals surface area contributed by atoms with E-state index in [4.69, 9.17) is 4.74 Å². The van der Waals surface area contributed by atoms with Crippen LogP contribution in [0.4, 0.5) is 5.69 Å². The van der Waals surface area contributed by atoms with Gasteiger partial charge in [-0.25, -0.2) is 4.98 Å². The van der Waals surface area contributed by atoms with Crippen molar-refractivity contribution in [1.82, 2.24) is 14.9 Å². The molecule has 2 aromatic carbocycles. The number of nitrogens with zero attached hydrogens (tertiary/aromatic N) is 2. The molecule has 3 aromatic rings. The number of benzene rings is 2. The monoisotopic (exact) mass is 432 g/mol. The minimum Gasteiger partial charge on any atom is -0.375 e. The first kappa shape index (κ1) is 21.9. The number of amides is 1. The Kier molecular flexibility index (Phi) is 7.09. The third kappa shape index (κ3) is 5.12. The van der Waals surface area contributed by atoms with Gasteiger partial charge in [-0.15, -0.1) is 0 Å². The van der Waals surface area contributed by atoms with E-state index in [2.05, 4.69) is 27.8 Å². The first-order valence-electron chi connectivity index (χ1n) is 10.9. The topological polar surface area (TPSA) is 85.2 Å². The Labute approximate surface area is 187 Å². The molecule has 7 nitrogen and oxygen atoms in total. The maximum Gasteiger partial charge on any atom is 0.254 e. The van der Waals surface area contributed by atoms with Crippen LogP contribution < -0.4 is 16.2 Å². The molecule has 2 heterocycles. The van der Waals surface area contributed by atoms with Crippen LogP contribution in [0.15, 0.2) is 71.7 Å². The van der Waals surface area contributed by atoms with Crippen molar-refractivity contribution < 1.29 is 9.53 Å². The lowest BCUT2D eigenvalue weighted by Crippen LogP contribution is -2.31. The molecule has 2 atom stereocenters. The lowest BCUT2D eigenvalue weighted by atomic mass is 10.1. The minimum atomic E-state index is -0.506. The predicted molar refractivity (Wildman–Crippen MR) is 124 cm³/mol. The van der Waals surface area contributed by atoms with Gasteiger partial charge in [0, 0.05) is 38.0 Å². The fourth-order valence-electron chi connectivity index (χ4n) is 4.07. The molecule has 0 saturated heterocycles. The van der Waals surface area contributed by atoms with E-state index in [1.165, 1.54) is 22.4 Å². The SMILES string of the molecule is COC(CNCCc1ccc(NC(=O)C2CCc3nccc(=O)n32)cc1)c1ccccc1. The Hall–Kier alpha value is -3.29. The summed E-state index contributed by atoms with van der Waals surface area (Å²) in [5, 5.41) is 6.38. The van der Waals surface area contributed by atoms with Crippen molar-refractivity contribution in [3.63, 3.8) is 0 Å². The van der Waals surface area contributed by atoms with Crippen molar-refractivity contribution in [1.29, 1.82) is 0 Å². The van der Waals surface area contributed by atoms with Gasteiger partial charge in [0.1, 0.15) is 11.9 Å². The van der Waals surface area contributed by atoms with Gasteiger partial charge in [0.2, 0.25) is 5.91 Å². The van der Waals surface area contributed by atoms with Crippen LogP contribution in [0.5, 0.6) is 0 Å². The molecule has 4 rings (SSSR count). The van der Waals surface area contributed by atoms with Crippen LogP contribution in [0, 0.1) is 0 Å². The molecular formula is C25H28N4O3. The van der Waals surface area contributed by atoms with Crippen molar-refractivity contribution in [2.24, 2.45) is 0 Å². The summed E-state index contributed by atoms with van der Waals surface area (Å²) in [4.78, 5) is 29.0. The summed E-state index contributed by atoms with van der Waals surface area (Å²) in [6.45, 7) is 1.57. The number of hydrogen-bond donors (Lipinski definition) is 2. The fourth-order valence-corrected chi connectivity index (χ4v) is 4.07.